The van der Waals surface area contributed by atoms with Crippen molar-refractivity contribution in [2.24, 2.45) is 0 Å². The number of hydrogen-bond donors (Lipinski definition) is 1. The second-order valence-electron chi connectivity index (χ2n) is 8.68. The summed E-state index contributed by atoms with van der Waals surface area (Å²) in [6, 6.07) is 25.8. The van der Waals surface area contributed by atoms with Crippen molar-refractivity contribution in [3.8, 4) is 34.2 Å². The lowest BCUT2D eigenvalue weighted by Gasteiger charge is -2.16. The first-order chi connectivity index (χ1) is 18.8. The van der Waals surface area contributed by atoms with Gasteiger partial charge >= 0.3 is 0 Å². The van der Waals surface area contributed by atoms with E-state index in [1.807, 2.05) is 67.6 Å². The summed E-state index contributed by atoms with van der Waals surface area (Å²) >= 11 is 1.16. The van der Waals surface area contributed by atoms with Gasteiger partial charge in [0.05, 0.1) is 28.0 Å². The first-order valence-electron chi connectivity index (χ1n) is 12.3. The number of rotatable bonds is 9. The minimum Gasteiger partial charge on any atom is -0.494 e. The molecule has 0 aliphatic rings. The van der Waals surface area contributed by atoms with Crippen LogP contribution >= 0.6 is 11.8 Å². The molecule has 0 saturated carbocycles. The van der Waals surface area contributed by atoms with Crippen molar-refractivity contribution in [3.63, 3.8) is 0 Å². The van der Waals surface area contributed by atoms with Gasteiger partial charge in [-0.05, 0) is 62.7 Å². The van der Waals surface area contributed by atoms with Crippen LogP contribution in [0.4, 0.5) is 11.4 Å². The van der Waals surface area contributed by atoms with E-state index >= 15 is 0 Å². The van der Waals surface area contributed by atoms with Crippen LogP contribution in [0.2, 0.25) is 0 Å². The number of benzene rings is 3. The van der Waals surface area contributed by atoms with E-state index in [0.29, 0.717) is 39.7 Å². The third-order valence-electron chi connectivity index (χ3n) is 5.97. The molecule has 0 fully saturated rings. The molecule has 3 aromatic carbocycles. The molecule has 0 spiro atoms. The summed E-state index contributed by atoms with van der Waals surface area (Å²) in [7, 11) is 0. The van der Waals surface area contributed by atoms with Crippen molar-refractivity contribution in [2.45, 2.75) is 31.0 Å². The van der Waals surface area contributed by atoms with E-state index in [1.165, 1.54) is 6.07 Å². The molecule has 1 atom stereocenters. The van der Waals surface area contributed by atoms with Crippen LogP contribution in [0.15, 0.2) is 83.9 Å². The van der Waals surface area contributed by atoms with Gasteiger partial charge in [0.2, 0.25) is 5.91 Å². The van der Waals surface area contributed by atoms with Gasteiger partial charge in [-0.1, -0.05) is 48.2 Å². The summed E-state index contributed by atoms with van der Waals surface area (Å²) in [6.07, 6.45) is 0. The van der Waals surface area contributed by atoms with Crippen molar-refractivity contribution in [1.29, 1.82) is 5.26 Å². The fourth-order valence-electron chi connectivity index (χ4n) is 3.95. The van der Waals surface area contributed by atoms with E-state index in [-0.39, 0.29) is 11.6 Å². The van der Waals surface area contributed by atoms with E-state index < -0.39 is 10.2 Å². The van der Waals surface area contributed by atoms with E-state index in [9.17, 15) is 20.2 Å². The number of hydrogen-bond acceptors (Lipinski definition) is 7. The Morgan fingerprint density at radius 1 is 1.10 bits per heavy atom. The monoisotopic (exact) mass is 538 g/mol. The zero-order chi connectivity index (χ0) is 27.9. The van der Waals surface area contributed by atoms with Gasteiger partial charge in [-0.15, -0.1) is 0 Å². The predicted octanol–water partition coefficient (Wildman–Crippen LogP) is 7.02. The largest absolute Gasteiger partial charge is 0.494 e. The number of thioether (sulfide) groups is 1. The summed E-state index contributed by atoms with van der Waals surface area (Å²) in [5.41, 5.74) is 4.18. The molecule has 1 amide bonds. The Labute approximate surface area is 230 Å². The van der Waals surface area contributed by atoms with Crippen molar-refractivity contribution < 1.29 is 14.5 Å². The van der Waals surface area contributed by atoms with Crippen LogP contribution in [-0.4, -0.2) is 27.7 Å². The van der Waals surface area contributed by atoms with Crippen LogP contribution in [0.5, 0.6) is 5.75 Å². The van der Waals surface area contributed by atoms with E-state index in [0.717, 1.165) is 28.6 Å². The lowest BCUT2D eigenvalue weighted by Crippen LogP contribution is -2.22. The molecule has 4 aromatic rings. The number of nitrogens with zero attached hydrogens (tertiary/aromatic N) is 3. The number of amides is 1. The lowest BCUT2D eigenvalue weighted by atomic mass is 9.99. The Morgan fingerprint density at radius 2 is 1.82 bits per heavy atom. The highest BCUT2D eigenvalue weighted by Crippen LogP contribution is 2.36. The Kier molecular flexibility index (Phi) is 8.59. The van der Waals surface area contributed by atoms with Gasteiger partial charge in [0.15, 0.2) is 0 Å². The summed E-state index contributed by atoms with van der Waals surface area (Å²) in [4.78, 5) is 28.7. The lowest BCUT2D eigenvalue weighted by molar-refractivity contribution is -0.385. The summed E-state index contributed by atoms with van der Waals surface area (Å²) < 4.78 is 5.56. The Bertz CT molecular complexity index is 1550. The maximum Gasteiger partial charge on any atom is 0.274 e. The van der Waals surface area contributed by atoms with E-state index in [1.54, 1.807) is 26.0 Å². The molecule has 0 aliphatic heterocycles. The second-order valence-corrected chi connectivity index (χ2v) is 10.0. The van der Waals surface area contributed by atoms with Crippen LogP contribution in [0.25, 0.3) is 22.4 Å². The molecular formula is C30H26N4O4S. The third-order valence-corrected chi connectivity index (χ3v) is 7.06. The second kappa shape index (κ2) is 12.2. The van der Waals surface area contributed by atoms with Crippen molar-refractivity contribution >= 4 is 29.0 Å². The Morgan fingerprint density at radius 3 is 2.46 bits per heavy atom. The molecule has 1 heterocycles. The number of aromatic nitrogens is 1. The highest BCUT2D eigenvalue weighted by molar-refractivity contribution is 8.00. The number of aryl methyl sites for hydroxylation is 1. The molecule has 0 radical (unpaired) electrons. The Hall–Kier alpha value is -4.68. The fourth-order valence-corrected chi connectivity index (χ4v) is 4.87. The molecule has 39 heavy (non-hydrogen) atoms. The van der Waals surface area contributed by atoms with Gasteiger partial charge in [-0.2, -0.15) is 5.26 Å². The van der Waals surface area contributed by atoms with Crippen LogP contribution in [0.3, 0.4) is 0 Å². The Balaban J connectivity index is 1.69. The molecule has 4 rings (SSSR count). The number of carbonyl (C=O) groups excluding carboxylic acids is 1. The highest BCUT2D eigenvalue weighted by Gasteiger charge is 2.22. The number of ether oxygens (including phenoxy) is 1. The molecule has 9 heteroatoms. The van der Waals surface area contributed by atoms with Crippen LogP contribution < -0.4 is 10.1 Å². The van der Waals surface area contributed by atoms with E-state index in [2.05, 4.69) is 11.4 Å². The van der Waals surface area contributed by atoms with Crippen LogP contribution in [0.1, 0.15) is 25.0 Å². The number of nitrogens with one attached hydrogen (secondary N) is 1. The number of nitro groups is 1. The van der Waals surface area contributed by atoms with Gasteiger partial charge in [0.1, 0.15) is 16.8 Å². The number of pyridine rings is 1. The molecule has 1 unspecified atom stereocenters. The van der Waals surface area contributed by atoms with Gasteiger partial charge in [0.25, 0.3) is 5.69 Å². The average molecular weight is 539 g/mol. The van der Waals surface area contributed by atoms with E-state index in [4.69, 9.17) is 9.72 Å². The van der Waals surface area contributed by atoms with Gasteiger partial charge in [-0.3, -0.25) is 14.9 Å². The summed E-state index contributed by atoms with van der Waals surface area (Å²) in [5, 5.41) is 23.9. The molecule has 1 aromatic heterocycles. The molecule has 0 saturated heterocycles. The third kappa shape index (κ3) is 6.43. The average Bonchev–Trinajstić information content (AvgIpc) is 2.94. The van der Waals surface area contributed by atoms with Gasteiger partial charge in [0, 0.05) is 28.4 Å². The number of nitriles is 1. The van der Waals surface area contributed by atoms with Gasteiger partial charge in [-0.25, -0.2) is 4.98 Å². The van der Waals surface area contributed by atoms with Crippen LogP contribution in [-0.2, 0) is 4.79 Å². The first kappa shape index (κ1) is 27.4. The zero-order valence-corrected chi connectivity index (χ0v) is 22.5. The number of carbonyl (C=O) groups is 1. The molecule has 1 N–H and O–H groups in total. The van der Waals surface area contributed by atoms with Gasteiger partial charge < -0.3 is 10.1 Å². The van der Waals surface area contributed by atoms with Crippen molar-refractivity contribution in [3.05, 3.63) is 100 Å². The standard InChI is InChI=1S/C30H26N4O4S/c1-4-38-24-14-11-22(12-15-24)27-17-25(21-8-6-5-7-9-21)26(18-31)30(33-27)39-20(3)29(35)32-23-13-10-19(2)28(16-23)34(36)37/h5-17,20H,4H2,1-3H3,(H,32,35). The number of nitro benzene ring substituents is 1. The summed E-state index contributed by atoms with van der Waals surface area (Å²) in [5.74, 6) is 0.381. The smallest absolute Gasteiger partial charge is 0.274 e. The maximum absolute atomic E-state index is 13.1. The van der Waals surface area contributed by atoms with Crippen molar-refractivity contribution in [1.82, 2.24) is 4.98 Å². The molecular weight excluding hydrogens is 512 g/mol. The zero-order valence-electron chi connectivity index (χ0n) is 21.7. The highest BCUT2D eigenvalue weighted by atomic mass is 32.2. The normalized spacial score (nSPS) is 11.3. The topological polar surface area (TPSA) is 118 Å². The minimum absolute atomic E-state index is 0.0721. The minimum atomic E-state index is -0.649. The van der Waals surface area contributed by atoms with Crippen LogP contribution in [0, 0.1) is 28.4 Å². The maximum atomic E-state index is 13.1. The molecule has 196 valence electrons. The molecule has 8 nitrogen and oxygen atoms in total. The number of anilines is 1. The summed E-state index contributed by atoms with van der Waals surface area (Å²) in [6.45, 7) is 5.82. The molecule has 0 aliphatic carbocycles. The predicted molar refractivity (Wildman–Crippen MR) is 153 cm³/mol. The fraction of sp³-hybridized carbons (Fsp3) is 0.167. The molecule has 0 bridgehead atoms. The quantitative estimate of drug-likeness (QED) is 0.138. The first-order valence-corrected chi connectivity index (χ1v) is 13.1. The van der Waals surface area contributed by atoms with Crippen molar-refractivity contribution in [2.75, 3.05) is 11.9 Å². The SMILES string of the molecule is CCOc1ccc(-c2cc(-c3ccccc3)c(C#N)c(SC(C)C(=O)Nc3ccc(C)c([N+](=O)[O-])c3)n2)cc1.